The smallest absolute Gasteiger partial charge is 0.0931 e. The van der Waals surface area contributed by atoms with E-state index in [9.17, 15) is 0 Å². The molecule has 2 unspecified atom stereocenters. The summed E-state index contributed by atoms with van der Waals surface area (Å²) in [6.45, 7) is 6.47. The molecule has 5 heteroatoms. The minimum Gasteiger partial charge on any atom is -0.326 e. The lowest BCUT2D eigenvalue weighted by molar-refractivity contribution is 0.102. The fourth-order valence-corrected chi connectivity index (χ4v) is 3.67. The van der Waals surface area contributed by atoms with Crippen LogP contribution in [0, 0.1) is 0 Å². The van der Waals surface area contributed by atoms with E-state index in [4.69, 9.17) is 17.3 Å². The van der Waals surface area contributed by atoms with Crippen molar-refractivity contribution in [3.8, 4) is 0 Å². The highest BCUT2D eigenvalue weighted by Gasteiger charge is 2.27. The lowest BCUT2D eigenvalue weighted by Gasteiger charge is -2.39. The number of nitrogens with two attached hydrogens (primary N) is 1. The largest absolute Gasteiger partial charge is 0.326 e. The van der Waals surface area contributed by atoms with Crippen LogP contribution in [0.3, 0.4) is 0 Å². The number of likely N-dealkylation sites (N-methyl/N-ethyl adjacent to an activating group) is 1. The number of rotatable bonds is 3. The summed E-state index contributed by atoms with van der Waals surface area (Å²) in [6.07, 6.45) is 0. The van der Waals surface area contributed by atoms with Gasteiger partial charge < -0.3 is 10.6 Å². The summed E-state index contributed by atoms with van der Waals surface area (Å²) in [5.41, 5.74) is 6.15. The molecule has 1 aromatic heterocycles. The second kappa shape index (κ2) is 5.67. The highest BCUT2D eigenvalue weighted by molar-refractivity contribution is 7.16. The number of hydrogen-bond donors (Lipinski definition) is 1. The second-order valence-electron chi connectivity index (χ2n) is 4.79. The molecule has 1 aromatic rings. The number of hydrogen-bond acceptors (Lipinski definition) is 4. The first-order chi connectivity index (χ1) is 8.08. The van der Waals surface area contributed by atoms with Crippen molar-refractivity contribution < 1.29 is 0 Å². The zero-order chi connectivity index (χ0) is 12.4. The monoisotopic (exact) mass is 273 g/mol. The normalized spacial score (nSPS) is 22.6. The Labute approximate surface area is 112 Å². The summed E-state index contributed by atoms with van der Waals surface area (Å²) in [4.78, 5) is 6.12. The molecule has 3 nitrogen and oxygen atoms in total. The summed E-state index contributed by atoms with van der Waals surface area (Å²) in [7, 11) is 2.17. The maximum atomic E-state index is 6.15. The molecule has 1 saturated heterocycles. The first-order valence-corrected chi connectivity index (χ1v) is 7.21. The Morgan fingerprint density at radius 3 is 2.41 bits per heavy atom. The van der Waals surface area contributed by atoms with Crippen LogP contribution < -0.4 is 5.73 Å². The zero-order valence-electron chi connectivity index (χ0n) is 10.4. The predicted octanol–water partition coefficient (Wildman–Crippen LogP) is 2.04. The third-order valence-corrected chi connectivity index (χ3v) is 4.62. The van der Waals surface area contributed by atoms with E-state index in [2.05, 4.69) is 29.8 Å². The van der Waals surface area contributed by atoms with E-state index in [1.807, 2.05) is 6.07 Å². The SMILES string of the molecule is CC(N)C(c1ccc(Cl)s1)N1CCN(C)CC1. The van der Waals surface area contributed by atoms with Crippen LogP contribution in [0.15, 0.2) is 12.1 Å². The van der Waals surface area contributed by atoms with Crippen molar-refractivity contribution in [2.45, 2.75) is 19.0 Å². The molecular weight excluding hydrogens is 254 g/mol. The first kappa shape index (κ1) is 13.3. The van der Waals surface area contributed by atoms with Gasteiger partial charge in [-0.3, -0.25) is 4.90 Å². The summed E-state index contributed by atoms with van der Waals surface area (Å²) in [5, 5.41) is 0. The minimum atomic E-state index is 0.133. The van der Waals surface area contributed by atoms with Crippen LogP contribution >= 0.6 is 22.9 Å². The van der Waals surface area contributed by atoms with Crippen LogP contribution in [-0.2, 0) is 0 Å². The van der Waals surface area contributed by atoms with Crippen molar-refractivity contribution in [2.24, 2.45) is 5.73 Å². The highest BCUT2D eigenvalue weighted by atomic mass is 35.5. The molecule has 2 N–H and O–H groups in total. The average Bonchev–Trinajstić information content (AvgIpc) is 2.68. The predicted molar refractivity (Wildman–Crippen MR) is 74.8 cm³/mol. The maximum Gasteiger partial charge on any atom is 0.0931 e. The van der Waals surface area contributed by atoms with Gasteiger partial charge in [-0.1, -0.05) is 11.6 Å². The summed E-state index contributed by atoms with van der Waals surface area (Å²) >= 11 is 7.67. The van der Waals surface area contributed by atoms with Gasteiger partial charge >= 0.3 is 0 Å². The molecule has 2 heterocycles. The summed E-state index contributed by atoms with van der Waals surface area (Å²) in [6, 6.07) is 4.51. The molecule has 0 aliphatic carbocycles. The van der Waals surface area contributed by atoms with Gasteiger partial charge in [0.25, 0.3) is 0 Å². The summed E-state index contributed by atoms with van der Waals surface area (Å²) < 4.78 is 0.847. The lowest BCUT2D eigenvalue weighted by atomic mass is 10.1. The molecule has 0 amide bonds. The minimum absolute atomic E-state index is 0.133. The van der Waals surface area contributed by atoms with E-state index in [1.165, 1.54) is 4.88 Å². The van der Waals surface area contributed by atoms with Crippen molar-refractivity contribution in [2.75, 3.05) is 33.2 Å². The number of thiophene rings is 1. The molecule has 17 heavy (non-hydrogen) atoms. The van der Waals surface area contributed by atoms with Crippen LogP contribution in [0.25, 0.3) is 0 Å². The van der Waals surface area contributed by atoms with Gasteiger partial charge in [0, 0.05) is 37.1 Å². The molecule has 2 rings (SSSR count). The van der Waals surface area contributed by atoms with E-state index in [1.54, 1.807) is 11.3 Å². The molecule has 1 aliphatic rings. The maximum absolute atomic E-state index is 6.15. The lowest BCUT2D eigenvalue weighted by Crippen LogP contribution is -2.49. The topological polar surface area (TPSA) is 32.5 Å². The third-order valence-electron chi connectivity index (χ3n) is 3.31. The van der Waals surface area contributed by atoms with Gasteiger partial charge in [-0.2, -0.15) is 0 Å². The summed E-state index contributed by atoms with van der Waals surface area (Å²) in [5.74, 6) is 0. The molecule has 1 aliphatic heterocycles. The molecule has 0 spiro atoms. The standard InChI is InChI=1S/C12H20ClN3S/c1-9(14)12(10-3-4-11(13)17-10)16-7-5-15(2)6-8-16/h3-4,9,12H,5-8,14H2,1-2H3. The van der Waals surface area contributed by atoms with Crippen molar-refractivity contribution in [3.63, 3.8) is 0 Å². The van der Waals surface area contributed by atoms with Gasteiger partial charge in [-0.05, 0) is 26.1 Å². The highest BCUT2D eigenvalue weighted by Crippen LogP contribution is 2.32. The van der Waals surface area contributed by atoms with Crippen LogP contribution in [0.2, 0.25) is 4.34 Å². The van der Waals surface area contributed by atoms with Crippen molar-refractivity contribution in [3.05, 3.63) is 21.3 Å². The first-order valence-electron chi connectivity index (χ1n) is 6.01. The Hall–Kier alpha value is -0.130. The fraction of sp³-hybridized carbons (Fsp3) is 0.667. The van der Waals surface area contributed by atoms with Gasteiger partial charge in [0.15, 0.2) is 0 Å². The van der Waals surface area contributed by atoms with E-state index in [0.29, 0.717) is 6.04 Å². The van der Waals surface area contributed by atoms with E-state index < -0.39 is 0 Å². The Bertz CT molecular complexity index is 358. The van der Waals surface area contributed by atoms with Crippen molar-refractivity contribution in [1.29, 1.82) is 0 Å². The van der Waals surface area contributed by atoms with Crippen molar-refractivity contribution in [1.82, 2.24) is 9.80 Å². The van der Waals surface area contributed by atoms with E-state index in [-0.39, 0.29) is 6.04 Å². The van der Waals surface area contributed by atoms with Crippen LogP contribution in [0.1, 0.15) is 17.8 Å². The quantitative estimate of drug-likeness (QED) is 0.915. The Morgan fingerprint density at radius 2 is 1.94 bits per heavy atom. The van der Waals surface area contributed by atoms with E-state index in [0.717, 1.165) is 30.5 Å². The van der Waals surface area contributed by atoms with Gasteiger partial charge in [-0.25, -0.2) is 0 Å². The van der Waals surface area contributed by atoms with Gasteiger partial charge in [0.05, 0.1) is 10.4 Å². The molecule has 1 fully saturated rings. The third kappa shape index (κ3) is 3.20. The fourth-order valence-electron chi connectivity index (χ4n) is 2.36. The number of piperazine rings is 1. The van der Waals surface area contributed by atoms with Crippen molar-refractivity contribution >= 4 is 22.9 Å². The van der Waals surface area contributed by atoms with Crippen LogP contribution in [0.4, 0.5) is 0 Å². The van der Waals surface area contributed by atoms with Gasteiger partial charge in [0.1, 0.15) is 0 Å². The van der Waals surface area contributed by atoms with Crippen LogP contribution in [-0.4, -0.2) is 49.1 Å². The molecule has 0 radical (unpaired) electrons. The number of nitrogens with zero attached hydrogens (tertiary/aromatic N) is 2. The average molecular weight is 274 g/mol. The van der Waals surface area contributed by atoms with Gasteiger partial charge in [0.2, 0.25) is 0 Å². The molecule has 0 bridgehead atoms. The Kier molecular flexibility index (Phi) is 4.44. The van der Waals surface area contributed by atoms with Gasteiger partial charge in [-0.15, -0.1) is 11.3 Å². The van der Waals surface area contributed by atoms with E-state index >= 15 is 0 Å². The molecule has 96 valence electrons. The Morgan fingerprint density at radius 1 is 1.29 bits per heavy atom. The molecule has 0 saturated carbocycles. The zero-order valence-corrected chi connectivity index (χ0v) is 12.0. The Balaban J connectivity index is 2.12. The second-order valence-corrected chi connectivity index (χ2v) is 6.53. The number of halogens is 1. The molecule has 2 atom stereocenters. The van der Waals surface area contributed by atoms with Crippen LogP contribution in [0.5, 0.6) is 0 Å². The molecule has 0 aromatic carbocycles. The molecular formula is C12H20ClN3S.